The first kappa shape index (κ1) is 63.4. The van der Waals surface area contributed by atoms with E-state index in [1.807, 2.05) is 0 Å². The van der Waals surface area contributed by atoms with Gasteiger partial charge in [-0.15, -0.1) is 0 Å². The molecule has 0 rings (SSSR count). The van der Waals surface area contributed by atoms with Crippen molar-refractivity contribution >= 4 is 25.7 Å². The molecule has 0 aliphatic heterocycles. The molecule has 0 aliphatic rings. The van der Waals surface area contributed by atoms with Gasteiger partial charge in [-0.1, -0.05) is 204 Å². The summed E-state index contributed by atoms with van der Waals surface area (Å²) in [7, 11) is -4.73. The van der Waals surface area contributed by atoms with Crippen molar-refractivity contribution in [3.63, 3.8) is 0 Å². The molecule has 12 heteroatoms. The molecule has 0 saturated carbocycles. The van der Waals surface area contributed by atoms with E-state index in [9.17, 15) is 23.8 Å². The summed E-state index contributed by atoms with van der Waals surface area (Å²) in [6, 6.07) is -1.52. The molecule has 66 heavy (non-hydrogen) atoms. The van der Waals surface area contributed by atoms with Crippen molar-refractivity contribution in [3.8, 4) is 0 Å². The van der Waals surface area contributed by atoms with Gasteiger partial charge in [0.2, 0.25) is 0 Å². The van der Waals surface area contributed by atoms with Crippen molar-refractivity contribution in [1.82, 2.24) is 0 Å². The highest BCUT2D eigenvalue weighted by molar-refractivity contribution is 7.47. The Morgan fingerprint density at radius 1 is 0.470 bits per heavy atom. The van der Waals surface area contributed by atoms with Crippen molar-refractivity contribution in [1.29, 1.82) is 0 Å². The fourth-order valence-electron chi connectivity index (χ4n) is 7.36. The van der Waals surface area contributed by atoms with Gasteiger partial charge < -0.3 is 25.2 Å². The molecule has 0 saturated heterocycles. The molecule has 3 atom stereocenters. The maximum Gasteiger partial charge on any atom is 0.472 e. The lowest BCUT2D eigenvalue weighted by atomic mass is 10.1. The lowest BCUT2D eigenvalue weighted by molar-refractivity contribution is -0.161. The van der Waals surface area contributed by atoms with Gasteiger partial charge in [0.25, 0.3) is 0 Å². The lowest BCUT2D eigenvalue weighted by Crippen LogP contribution is -2.34. The first-order valence-electron chi connectivity index (χ1n) is 26.7. The van der Waals surface area contributed by atoms with E-state index in [-0.39, 0.29) is 19.4 Å². The second-order valence-corrected chi connectivity index (χ2v) is 19.5. The van der Waals surface area contributed by atoms with Crippen LogP contribution in [-0.2, 0) is 37.5 Å². The van der Waals surface area contributed by atoms with Crippen LogP contribution in [0.5, 0.6) is 0 Å². The number of rotatable bonds is 50. The topological polar surface area (TPSA) is 172 Å². The number of phosphoric acid groups is 1. The zero-order chi connectivity index (χ0) is 48.4. The SMILES string of the molecule is CCCCCCC/C=C\C/C=C\CCCCCCCCCCCC(=O)OCC(COP(=O)(O)OCC(N)C(=O)O)OC(=O)CCCCCCCCCCC/C=C\C/C=C\CCCCCCC. The van der Waals surface area contributed by atoms with Crippen LogP contribution in [0.15, 0.2) is 48.6 Å². The van der Waals surface area contributed by atoms with Crippen LogP contribution >= 0.6 is 7.82 Å². The number of hydrogen-bond acceptors (Lipinski definition) is 9. The average Bonchev–Trinajstić information content (AvgIpc) is 3.30. The minimum atomic E-state index is -4.73. The number of unbranched alkanes of at least 4 members (excludes halogenated alkanes) is 28. The van der Waals surface area contributed by atoms with Crippen molar-refractivity contribution in [2.75, 3.05) is 19.8 Å². The van der Waals surface area contributed by atoms with Gasteiger partial charge in [-0.3, -0.25) is 23.4 Å². The number of carbonyl (C=O) groups is 3. The third kappa shape index (κ3) is 47.9. The number of aliphatic carboxylic acids is 1. The third-order valence-electron chi connectivity index (χ3n) is 11.5. The van der Waals surface area contributed by atoms with Gasteiger partial charge in [0.05, 0.1) is 13.2 Å². The second kappa shape index (κ2) is 48.9. The number of nitrogens with two attached hydrogens (primary N) is 1. The van der Waals surface area contributed by atoms with Gasteiger partial charge in [-0.05, 0) is 77.0 Å². The Morgan fingerprint density at radius 3 is 1.18 bits per heavy atom. The molecular weight excluding hydrogens is 854 g/mol. The Kier molecular flexibility index (Phi) is 47.0. The Hall–Kier alpha value is -2.56. The molecule has 0 heterocycles. The maximum atomic E-state index is 12.7. The highest BCUT2D eigenvalue weighted by Crippen LogP contribution is 2.43. The molecule has 0 fully saturated rings. The van der Waals surface area contributed by atoms with E-state index in [2.05, 4.69) is 67.0 Å². The predicted octanol–water partition coefficient (Wildman–Crippen LogP) is 15.3. The van der Waals surface area contributed by atoms with Crippen LogP contribution in [0.4, 0.5) is 0 Å². The molecule has 3 unspecified atom stereocenters. The van der Waals surface area contributed by atoms with Crippen molar-refractivity contribution in [2.45, 2.75) is 257 Å². The van der Waals surface area contributed by atoms with Gasteiger partial charge in [0, 0.05) is 12.8 Å². The fraction of sp³-hybridized carbons (Fsp3) is 0.796. The molecule has 0 amide bonds. The van der Waals surface area contributed by atoms with E-state index in [1.54, 1.807) is 0 Å². The van der Waals surface area contributed by atoms with Crippen LogP contribution in [0, 0.1) is 0 Å². The number of allylic oxidation sites excluding steroid dienone is 8. The molecule has 0 spiro atoms. The molecular formula is C54H98NO10P. The Morgan fingerprint density at radius 2 is 0.803 bits per heavy atom. The van der Waals surface area contributed by atoms with Crippen molar-refractivity contribution in [2.24, 2.45) is 5.73 Å². The summed E-state index contributed by atoms with van der Waals surface area (Å²) in [6.07, 6.45) is 57.4. The van der Waals surface area contributed by atoms with Crippen LogP contribution in [0.2, 0.25) is 0 Å². The van der Waals surface area contributed by atoms with Crippen LogP contribution < -0.4 is 5.73 Å². The number of carbonyl (C=O) groups excluding carboxylic acids is 2. The van der Waals surface area contributed by atoms with Gasteiger partial charge in [-0.25, -0.2) is 4.57 Å². The summed E-state index contributed by atoms with van der Waals surface area (Å²) < 4.78 is 32.9. The molecule has 11 nitrogen and oxygen atoms in total. The molecule has 0 aromatic rings. The lowest BCUT2D eigenvalue weighted by Gasteiger charge is -2.20. The van der Waals surface area contributed by atoms with Crippen LogP contribution in [0.3, 0.4) is 0 Å². The predicted molar refractivity (Wildman–Crippen MR) is 272 cm³/mol. The number of carboxylic acid groups (broad SMARTS) is 1. The zero-order valence-corrected chi connectivity index (χ0v) is 42.9. The van der Waals surface area contributed by atoms with E-state index in [1.165, 1.54) is 141 Å². The molecule has 0 aromatic heterocycles. The highest BCUT2D eigenvalue weighted by Gasteiger charge is 2.28. The molecule has 0 bridgehead atoms. The van der Waals surface area contributed by atoms with E-state index in [0.717, 1.165) is 64.2 Å². The Bertz CT molecular complexity index is 1300. The molecule has 4 N–H and O–H groups in total. The van der Waals surface area contributed by atoms with Crippen LogP contribution in [0.1, 0.15) is 245 Å². The average molecular weight is 952 g/mol. The van der Waals surface area contributed by atoms with Crippen molar-refractivity contribution < 1.29 is 47.5 Å². The summed E-state index contributed by atoms with van der Waals surface area (Å²) in [6.45, 7) is 2.81. The number of carboxylic acids is 1. The first-order chi connectivity index (χ1) is 32.1. The number of hydrogen-bond donors (Lipinski definition) is 3. The summed E-state index contributed by atoms with van der Waals surface area (Å²) in [5, 5.41) is 8.93. The first-order valence-corrected chi connectivity index (χ1v) is 28.2. The minimum Gasteiger partial charge on any atom is -0.480 e. The highest BCUT2D eigenvalue weighted by atomic mass is 31.2. The van der Waals surface area contributed by atoms with Gasteiger partial charge in [0.1, 0.15) is 12.6 Å². The molecule has 0 aromatic carbocycles. The minimum absolute atomic E-state index is 0.155. The molecule has 0 aliphatic carbocycles. The van der Waals surface area contributed by atoms with E-state index >= 15 is 0 Å². The largest absolute Gasteiger partial charge is 0.480 e. The van der Waals surface area contributed by atoms with Crippen LogP contribution in [-0.4, -0.2) is 59.9 Å². The molecule has 384 valence electrons. The van der Waals surface area contributed by atoms with Gasteiger partial charge in [0.15, 0.2) is 6.10 Å². The smallest absolute Gasteiger partial charge is 0.472 e. The fourth-order valence-corrected chi connectivity index (χ4v) is 8.14. The normalized spacial score (nSPS) is 13.9. The summed E-state index contributed by atoms with van der Waals surface area (Å²) in [5.41, 5.74) is 5.36. The summed E-state index contributed by atoms with van der Waals surface area (Å²) in [5.74, 6) is -2.38. The third-order valence-corrected chi connectivity index (χ3v) is 12.5. The quantitative estimate of drug-likeness (QED) is 0.0229. The second-order valence-electron chi connectivity index (χ2n) is 18.0. The Labute approximate surface area is 403 Å². The van der Waals surface area contributed by atoms with E-state index < -0.39 is 51.1 Å². The van der Waals surface area contributed by atoms with Gasteiger partial charge in [-0.2, -0.15) is 0 Å². The number of ether oxygens (including phenoxy) is 2. The Balaban J connectivity index is 4.24. The van der Waals surface area contributed by atoms with Crippen molar-refractivity contribution in [3.05, 3.63) is 48.6 Å². The molecule has 0 radical (unpaired) electrons. The zero-order valence-electron chi connectivity index (χ0n) is 42.0. The summed E-state index contributed by atoms with van der Waals surface area (Å²) >= 11 is 0. The van der Waals surface area contributed by atoms with Gasteiger partial charge >= 0.3 is 25.7 Å². The maximum absolute atomic E-state index is 12.7. The van der Waals surface area contributed by atoms with E-state index in [0.29, 0.717) is 12.8 Å². The van der Waals surface area contributed by atoms with Crippen LogP contribution in [0.25, 0.3) is 0 Å². The summed E-state index contributed by atoms with van der Waals surface area (Å²) in [4.78, 5) is 46.2. The standard InChI is InChI=1S/C54H98NO10P/c1-3-5-7-9-11-13-15-17-19-21-23-25-27-29-31-33-35-37-39-41-43-45-52(56)62-47-50(48-63-66(60,61)64-49-51(55)54(58)59)65-53(57)46-44-42-40-38-36-34-32-30-28-26-24-22-20-18-16-14-12-10-8-6-4-2/h15-18,21-24,50-51H,3-14,19-20,25-49,55H2,1-2H3,(H,58,59)(H,60,61)/b17-15-,18-16-,23-21-,24-22-. The number of phosphoric ester groups is 1. The number of esters is 2. The van der Waals surface area contributed by atoms with E-state index in [4.69, 9.17) is 24.8 Å². The monoisotopic (exact) mass is 952 g/mol.